The van der Waals surface area contributed by atoms with Crippen molar-refractivity contribution in [3.05, 3.63) is 0 Å². The van der Waals surface area contributed by atoms with E-state index >= 15 is 0 Å². The number of ether oxygens (including phenoxy) is 1. The van der Waals surface area contributed by atoms with E-state index in [1.165, 1.54) is 0 Å². The molecule has 3 saturated heterocycles. The van der Waals surface area contributed by atoms with Crippen LogP contribution >= 0.6 is 24.0 Å². The molecule has 1 N–H and O–H groups in total. The predicted octanol–water partition coefficient (Wildman–Crippen LogP) is 0.303. The summed E-state index contributed by atoms with van der Waals surface area (Å²) < 4.78 is 29.0. The molecule has 3 aliphatic rings. The highest BCUT2D eigenvalue weighted by atomic mass is 127. The van der Waals surface area contributed by atoms with E-state index in [0.717, 1.165) is 38.5 Å². The van der Waals surface area contributed by atoms with Crippen LogP contribution in [0.2, 0.25) is 0 Å². The second-order valence-corrected chi connectivity index (χ2v) is 9.75. The van der Waals surface area contributed by atoms with Gasteiger partial charge >= 0.3 is 0 Å². The summed E-state index contributed by atoms with van der Waals surface area (Å²) in [5.74, 6) is 1.38. The zero-order chi connectivity index (χ0) is 18.6. The molecule has 0 saturated carbocycles. The third-order valence-corrected chi connectivity index (χ3v) is 7.27. The van der Waals surface area contributed by atoms with E-state index in [0.29, 0.717) is 26.1 Å². The summed E-state index contributed by atoms with van der Waals surface area (Å²) in [4.78, 5) is 8.90. The van der Waals surface area contributed by atoms with Gasteiger partial charge in [-0.1, -0.05) is 0 Å². The lowest BCUT2D eigenvalue weighted by Gasteiger charge is -2.38. The quantitative estimate of drug-likeness (QED) is 0.330. The number of hydrogen-bond donors (Lipinski definition) is 1. The number of halogens is 1. The van der Waals surface area contributed by atoms with Crippen molar-refractivity contribution in [1.82, 2.24) is 15.1 Å². The van der Waals surface area contributed by atoms with Crippen molar-refractivity contribution >= 4 is 39.8 Å². The maximum atomic E-state index is 11.7. The summed E-state index contributed by atoms with van der Waals surface area (Å²) in [6.07, 6.45) is 3.02. The van der Waals surface area contributed by atoms with Gasteiger partial charge in [0.05, 0.1) is 23.7 Å². The first-order chi connectivity index (χ1) is 12.5. The minimum Gasteiger partial charge on any atom is -0.376 e. The van der Waals surface area contributed by atoms with Crippen LogP contribution in [0.1, 0.15) is 19.3 Å². The van der Waals surface area contributed by atoms with E-state index in [1.807, 2.05) is 7.05 Å². The maximum Gasteiger partial charge on any atom is 0.194 e. The Balaban J connectivity index is 0.00000261. The molecule has 0 amide bonds. The number of sulfone groups is 1. The lowest BCUT2D eigenvalue weighted by Crippen LogP contribution is -2.56. The van der Waals surface area contributed by atoms with Crippen LogP contribution in [-0.2, 0) is 14.6 Å². The molecule has 3 rings (SSSR count). The van der Waals surface area contributed by atoms with E-state index in [1.54, 1.807) is 0 Å². The van der Waals surface area contributed by atoms with Crippen LogP contribution in [0.4, 0.5) is 0 Å². The van der Waals surface area contributed by atoms with Gasteiger partial charge in [0.1, 0.15) is 6.04 Å². The van der Waals surface area contributed by atoms with Crippen molar-refractivity contribution in [3.63, 3.8) is 0 Å². The van der Waals surface area contributed by atoms with Gasteiger partial charge in [0.25, 0.3) is 0 Å². The smallest absolute Gasteiger partial charge is 0.194 e. The molecule has 0 aromatic carbocycles. The topological polar surface area (TPSA) is 98.0 Å². The maximum absolute atomic E-state index is 11.7. The molecule has 3 unspecified atom stereocenters. The summed E-state index contributed by atoms with van der Waals surface area (Å²) in [7, 11) is -0.923. The highest BCUT2D eigenvalue weighted by Gasteiger charge is 2.29. The molecule has 3 atom stereocenters. The summed E-state index contributed by atoms with van der Waals surface area (Å²) >= 11 is 0. The van der Waals surface area contributed by atoms with Gasteiger partial charge in [-0.05, 0) is 32.2 Å². The molecule has 27 heavy (non-hydrogen) atoms. The van der Waals surface area contributed by atoms with Gasteiger partial charge in [0, 0.05) is 39.3 Å². The normalized spacial score (nSPS) is 31.3. The second-order valence-electron chi connectivity index (χ2n) is 7.52. The van der Waals surface area contributed by atoms with Crippen LogP contribution in [0.15, 0.2) is 4.99 Å². The van der Waals surface area contributed by atoms with Crippen LogP contribution in [-0.4, -0.2) is 94.2 Å². The molecule has 3 fully saturated rings. The molecule has 8 nitrogen and oxygen atoms in total. The summed E-state index contributed by atoms with van der Waals surface area (Å²) in [5.41, 5.74) is 0. The molecule has 0 aliphatic carbocycles. The van der Waals surface area contributed by atoms with Gasteiger partial charge in [0.2, 0.25) is 0 Å². The largest absolute Gasteiger partial charge is 0.376 e. The fraction of sp³-hybridized carbons (Fsp3) is 0.882. The molecule has 0 radical (unpaired) electrons. The molecule has 0 bridgehead atoms. The minimum atomic E-state index is -2.89. The van der Waals surface area contributed by atoms with E-state index < -0.39 is 9.84 Å². The number of rotatable bonds is 4. The standard InChI is InChI=1S/C17H29N5O3S.HI/c1-21-5-6-22(12-15(21)9-18)17(20-11-16-3-2-7-25-16)19-10-14-4-8-26(23,24)13-14;/h14-16H,2-8,10-13H2,1H3,(H,19,20);1H. The Labute approximate surface area is 179 Å². The predicted molar refractivity (Wildman–Crippen MR) is 115 cm³/mol. The number of nitrogens with zero attached hydrogens (tertiary/aromatic N) is 4. The fourth-order valence-electron chi connectivity index (χ4n) is 3.72. The lowest BCUT2D eigenvalue weighted by molar-refractivity contribution is 0.112. The van der Waals surface area contributed by atoms with Crippen molar-refractivity contribution < 1.29 is 13.2 Å². The molecule has 0 aromatic rings. The molecule has 3 aliphatic heterocycles. The Bertz CT molecular complexity index is 660. The Morgan fingerprint density at radius 1 is 1.37 bits per heavy atom. The van der Waals surface area contributed by atoms with Crippen molar-refractivity contribution in [1.29, 1.82) is 5.26 Å². The van der Waals surface area contributed by atoms with Crippen LogP contribution < -0.4 is 5.32 Å². The zero-order valence-electron chi connectivity index (χ0n) is 15.8. The van der Waals surface area contributed by atoms with Gasteiger partial charge in [-0.25, -0.2) is 8.42 Å². The van der Waals surface area contributed by atoms with Crippen molar-refractivity contribution in [3.8, 4) is 6.07 Å². The number of guanidine groups is 1. The van der Waals surface area contributed by atoms with Gasteiger partial charge in [0.15, 0.2) is 15.8 Å². The van der Waals surface area contributed by atoms with Crippen molar-refractivity contribution in [2.45, 2.75) is 31.4 Å². The van der Waals surface area contributed by atoms with Crippen LogP contribution in [0.5, 0.6) is 0 Å². The number of hydrogen-bond acceptors (Lipinski definition) is 6. The number of likely N-dealkylation sites (N-methyl/N-ethyl adjacent to an activating group) is 1. The summed E-state index contributed by atoms with van der Waals surface area (Å²) in [6, 6.07) is 2.18. The van der Waals surface area contributed by atoms with Crippen LogP contribution in [0.25, 0.3) is 0 Å². The van der Waals surface area contributed by atoms with Crippen LogP contribution in [0, 0.1) is 17.2 Å². The molecule has 154 valence electrons. The molecular formula is C17H30IN5O3S. The molecular weight excluding hydrogens is 481 g/mol. The average Bonchev–Trinajstić information content (AvgIpc) is 3.25. The monoisotopic (exact) mass is 511 g/mol. The number of aliphatic imine (C=N–C) groups is 1. The van der Waals surface area contributed by atoms with Gasteiger partial charge < -0.3 is 15.0 Å². The van der Waals surface area contributed by atoms with Crippen LogP contribution in [0.3, 0.4) is 0 Å². The van der Waals surface area contributed by atoms with E-state index in [4.69, 9.17) is 9.73 Å². The first-order valence-corrected chi connectivity index (χ1v) is 11.2. The number of piperazine rings is 1. The van der Waals surface area contributed by atoms with Gasteiger partial charge in [-0.15, -0.1) is 24.0 Å². The van der Waals surface area contributed by atoms with Gasteiger partial charge in [-0.3, -0.25) is 9.89 Å². The highest BCUT2D eigenvalue weighted by Crippen LogP contribution is 2.19. The molecule has 0 spiro atoms. The zero-order valence-corrected chi connectivity index (χ0v) is 19.0. The Morgan fingerprint density at radius 3 is 2.81 bits per heavy atom. The minimum absolute atomic E-state index is 0. The summed E-state index contributed by atoms with van der Waals surface area (Å²) in [5, 5.41) is 12.8. The van der Waals surface area contributed by atoms with E-state index in [2.05, 4.69) is 21.2 Å². The Hall–Kier alpha value is -0.640. The third kappa shape index (κ3) is 6.44. The molecule has 0 aromatic heterocycles. The van der Waals surface area contributed by atoms with Crippen molar-refractivity contribution in [2.75, 3.05) is 57.9 Å². The first kappa shape index (κ1) is 22.6. The molecule has 10 heteroatoms. The fourth-order valence-corrected chi connectivity index (χ4v) is 5.56. The molecule has 3 heterocycles. The number of nitrogens with one attached hydrogen (secondary N) is 1. The third-order valence-electron chi connectivity index (χ3n) is 5.43. The Kier molecular flexibility index (Phi) is 8.58. The van der Waals surface area contributed by atoms with Crippen molar-refractivity contribution in [2.24, 2.45) is 10.9 Å². The van der Waals surface area contributed by atoms with Gasteiger partial charge in [-0.2, -0.15) is 5.26 Å². The second kappa shape index (κ2) is 10.2. The SMILES string of the molecule is CN1CCN(C(=NCC2CCS(=O)(=O)C2)NCC2CCCO2)CC1C#N.I. The van der Waals surface area contributed by atoms with E-state index in [-0.39, 0.29) is 53.5 Å². The number of nitriles is 1. The average molecular weight is 511 g/mol. The van der Waals surface area contributed by atoms with E-state index in [9.17, 15) is 13.7 Å². The summed E-state index contributed by atoms with van der Waals surface area (Å²) in [6.45, 7) is 4.23. The first-order valence-electron chi connectivity index (χ1n) is 9.42. The Morgan fingerprint density at radius 2 is 2.19 bits per heavy atom. The highest BCUT2D eigenvalue weighted by molar-refractivity contribution is 14.0. The lowest BCUT2D eigenvalue weighted by atomic mass is 10.1.